The van der Waals surface area contributed by atoms with Gasteiger partial charge in [-0.2, -0.15) is 0 Å². The summed E-state index contributed by atoms with van der Waals surface area (Å²) < 4.78 is 32.3. The minimum atomic E-state index is -3.98. The molecule has 1 N–H and O–H groups in total. The van der Waals surface area contributed by atoms with Gasteiger partial charge in [-0.15, -0.1) is 11.3 Å². The van der Waals surface area contributed by atoms with Gasteiger partial charge in [-0.05, 0) is 40.2 Å². The lowest BCUT2D eigenvalue weighted by molar-refractivity contribution is -0.142. The van der Waals surface area contributed by atoms with E-state index in [0.717, 1.165) is 3.79 Å². The highest BCUT2D eigenvalue weighted by atomic mass is 79.9. The summed E-state index contributed by atoms with van der Waals surface area (Å²) in [5.74, 6) is -1.04. The lowest BCUT2D eigenvalue weighted by Crippen LogP contribution is -2.27. The number of hydrogen-bond donors (Lipinski definition) is 1. The third-order valence-electron chi connectivity index (χ3n) is 3.02. The van der Waals surface area contributed by atoms with Crippen LogP contribution in [0.2, 0.25) is 10.0 Å². The van der Waals surface area contributed by atoms with Gasteiger partial charge in [-0.25, -0.2) is 13.1 Å². The minimum Gasteiger partial charge on any atom is -0.457 e. The highest BCUT2D eigenvalue weighted by Crippen LogP contribution is 2.28. The fourth-order valence-electron chi connectivity index (χ4n) is 1.85. The van der Waals surface area contributed by atoms with Gasteiger partial charge in [0.2, 0.25) is 15.8 Å². The molecule has 0 amide bonds. The second kappa shape index (κ2) is 9.29. The topological polar surface area (TPSA) is 89.5 Å². The van der Waals surface area contributed by atoms with Crippen LogP contribution in [0.5, 0.6) is 0 Å². The van der Waals surface area contributed by atoms with Crippen LogP contribution in [0.3, 0.4) is 0 Å². The summed E-state index contributed by atoms with van der Waals surface area (Å²) in [6, 6.07) is 7.64. The molecule has 1 aromatic heterocycles. The molecule has 0 saturated carbocycles. The van der Waals surface area contributed by atoms with Crippen molar-refractivity contribution in [1.29, 1.82) is 0 Å². The molecular weight excluding hydrogens is 489 g/mol. The standard InChI is InChI=1S/C15H12BrCl2NO5S2/c16-13-5-4-12(25-13)11(20)8-24-14(21)6-7-19-26(22,23)15-9(17)2-1-3-10(15)18/h1-5,19H,6-8H2. The molecule has 0 spiro atoms. The summed E-state index contributed by atoms with van der Waals surface area (Å²) in [5.41, 5.74) is 0. The molecule has 1 aromatic carbocycles. The van der Waals surface area contributed by atoms with Gasteiger partial charge in [0, 0.05) is 6.54 Å². The molecule has 6 nitrogen and oxygen atoms in total. The first-order valence-corrected chi connectivity index (χ1v) is 10.9. The number of ether oxygens (including phenoxy) is 1. The van der Waals surface area contributed by atoms with Crippen molar-refractivity contribution in [2.75, 3.05) is 13.2 Å². The summed E-state index contributed by atoms with van der Waals surface area (Å²) in [4.78, 5) is 23.7. The van der Waals surface area contributed by atoms with Gasteiger partial charge in [0.25, 0.3) is 0 Å². The molecule has 0 atom stereocenters. The van der Waals surface area contributed by atoms with Crippen molar-refractivity contribution < 1.29 is 22.7 Å². The molecule has 0 saturated heterocycles. The Hall–Kier alpha value is -0.970. The summed E-state index contributed by atoms with van der Waals surface area (Å²) in [7, 11) is -3.98. The van der Waals surface area contributed by atoms with Crippen molar-refractivity contribution in [1.82, 2.24) is 4.72 Å². The second-order valence-corrected chi connectivity index (χ2v) is 9.87. The molecule has 0 aliphatic carbocycles. The summed E-state index contributed by atoms with van der Waals surface area (Å²) in [6.45, 7) is -0.629. The van der Waals surface area contributed by atoms with Crippen LogP contribution < -0.4 is 4.72 Å². The van der Waals surface area contributed by atoms with E-state index in [9.17, 15) is 18.0 Å². The van der Waals surface area contributed by atoms with Gasteiger partial charge in [0.15, 0.2) is 6.61 Å². The van der Waals surface area contributed by atoms with Gasteiger partial charge < -0.3 is 4.74 Å². The fourth-order valence-corrected chi connectivity index (χ4v) is 5.33. The summed E-state index contributed by atoms with van der Waals surface area (Å²) in [6.07, 6.45) is -0.247. The number of carbonyl (C=O) groups is 2. The van der Waals surface area contributed by atoms with E-state index in [1.165, 1.54) is 29.5 Å². The Morgan fingerprint density at radius 2 is 1.81 bits per heavy atom. The molecule has 0 aliphatic rings. The smallest absolute Gasteiger partial charge is 0.307 e. The van der Waals surface area contributed by atoms with Gasteiger partial charge in [-0.3, -0.25) is 9.59 Å². The van der Waals surface area contributed by atoms with Crippen LogP contribution in [0.1, 0.15) is 16.1 Å². The van der Waals surface area contributed by atoms with Crippen molar-refractivity contribution in [2.45, 2.75) is 11.3 Å². The maximum atomic E-state index is 12.2. The van der Waals surface area contributed by atoms with Gasteiger partial charge in [0.1, 0.15) is 4.90 Å². The molecule has 0 fully saturated rings. The zero-order chi connectivity index (χ0) is 19.3. The molecule has 2 aromatic rings. The van der Waals surface area contributed by atoms with Crippen molar-refractivity contribution in [3.05, 3.63) is 49.0 Å². The predicted molar refractivity (Wildman–Crippen MR) is 104 cm³/mol. The number of esters is 1. The van der Waals surface area contributed by atoms with Gasteiger partial charge in [-0.1, -0.05) is 29.3 Å². The third-order valence-corrected chi connectivity index (χ3v) is 7.10. The largest absolute Gasteiger partial charge is 0.457 e. The molecular formula is C15H12BrCl2NO5S2. The zero-order valence-electron chi connectivity index (χ0n) is 13.0. The number of halogens is 3. The van der Waals surface area contributed by atoms with Crippen LogP contribution in [0.25, 0.3) is 0 Å². The van der Waals surface area contributed by atoms with Gasteiger partial charge >= 0.3 is 5.97 Å². The molecule has 0 bridgehead atoms. The first kappa shape index (κ1) is 21.3. The molecule has 140 valence electrons. The maximum Gasteiger partial charge on any atom is 0.307 e. The molecule has 11 heteroatoms. The van der Waals surface area contributed by atoms with Crippen LogP contribution in [-0.4, -0.2) is 33.3 Å². The van der Waals surface area contributed by atoms with Crippen LogP contribution >= 0.6 is 50.5 Å². The number of sulfonamides is 1. The first-order chi connectivity index (χ1) is 12.2. The molecule has 0 radical (unpaired) electrons. The fraction of sp³-hybridized carbons (Fsp3) is 0.200. The van der Waals surface area contributed by atoms with Crippen molar-refractivity contribution in [3.8, 4) is 0 Å². The van der Waals surface area contributed by atoms with Crippen molar-refractivity contribution in [2.24, 2.45) is 0 Å². The van der Waals surface area contributed by atoms with Crippen LogP contribution in [-0.2, 0) is 19.6 Å². The third kappa shape index (κ3) is 5.77. The van der Waals surface area contributed by atoms with Crippen molar-refractivity contribution in [3.63, 3.8) is 0 Å². The number of rotatable bonds is 8. The van der Waals surface area contributed by atoms with Crippen molar-refractivity contribution >= 4 is 72.2 Å². The zero-order valence-corrected chi connectivity index (χ0v) is 17.7. The van der Waals surface area contributed by atoms with Crippen LogP contribution in [0, 0.1) is 0 Å². The number of thiophene rings is 1. The van der Waals surface area contributed by atoms with E-state index in [1.54, 1.807) is 12.1 Å². The van der Waals surface area contributed by atoms with E-state index in [-0.39, 0.29) is 33.7 Å². The Labute approximate surface area is 172 Å². The lowest BCUT2D eigenvalue weighted by atomic mass is 10.3. The Morgan fingerprint density at radius 3 is 2.38 bits per heavy atom. The monoisotopic (exact) mass is 499 g/mol. The highest BCUT2D eigenvalue weighted by Gasteiger charge is 2.21. The molecule has 0 unspecified atom stereocenters. The number of benzene rings is 1. The van der Waals surface area contributed by atoms with Crippen LogP contribution in [0.4, 0.5) is 0 Å². The first-order valence-electron chi connectivity index (χ1n) is 7.08. The number of carbonyl (C=O) groups excluding carboxylic acids is 2. The van der Waals surface area contributed by atoms with E-state index in [0.29, 0.717) is 4.88 Å². The predicted octanol–water partition coefficient (Wildman–Crippen LogP) is 3.91. The number of nitrogens with one attached hydrogen (secondary N) is 1. The second-order valence-electron chi connectivity index (χ2n) is 4.89. The molecule has 26 heavy (non-hydrogen) atoms. The Bertz CT molecular complexity index is 910. The molecule has 0 aliphatic heterocycles. The maximum absolute atomic E-state index is 12.2. The SMILES string of the molecule is O=C(CCNS(=O)(=O)c1c(Cl)cccc1Cl)OCC(=O)c1ccc(Br)s1. The van der Waals surface area contributed by atoms with Crippen LogP contribution in [0.15, 0.2) is 39.0 Å². The number of Topliss-reactive ketones (excluding diaryl/α,β-unsaturated/α-hetero) is 1. The van der Waals surface area contributed by atoms with E-state index in [2.05, 4.69) is 20.7 Å². The van der Waals surface area contributed by atoms with E-state index in [4.69, 9.17) is 27.9 Å². The minimum absolute atomic E-state index is 0.0275. The highest BCUT2D eigenvalue weighted by molar-refractivity contribution is 9.11. The molecule has 1 heterocycles. The summed E-state index contributed by atoms with van der Waals surface area (Å²) >= 11 is 16.2. The Kier molecular flexibility index (Phi) is 7.63. The number of ketones is 1. The Morgan fingerprint density at radius 1 is 1.15 bits per heavy atom. The average Bonchev–Trinajstić information content (AvgIpc) is 2.98. The molecule has 2 rings (SSSR count). The lowest BCUT2D eigenvalue weighted by Gasteiger charge is -2.09. The average molecular weight is 501 g/mol. The number of hydrogen-bond acceptors (Lipinski definition) is 6. The Balaban J connectivity index is 1.83. The van der Waals surface area contributed by atoms with E-state index >= 15 is 0 Å². The van der Waals surface area contributed by atoms with Gasteiger partial charge in [0.05, 0.1) is 25.1 Å². The van der Waals surface area contributed by atoms with E-state index in [1.807, 2.05) is 0 Å². The quantitative estimate of drug-likeness (QED) is 0.438. The van der Waals surface area contributed by atoms with E-state index < -0.39 is 22.6 Å². The summed E-state index contributed by atoms with van der Waals surface area (Å²) in [5, 5.41) is -0.0550. The normalized spacial score (nSPS) is 11.3.